The summed E-state index contributed by atoms with van der Waals surface area (Å²) in [7, 11) is 0. The summed E-state index contributed by atoms with van der Waals surface area (Å²) in [5.74, 6) is 1.33. The van der Waals surface area contributed by atoms with Gasteiger partial charge in [-0.15, -0.1) is 0 Å². The van der Waals surface area contributed by atoms with Crippen molar-refractivity contribution in [3.63, 3.8) is 0 Å². The van der Waals surface area contributed by atoms with Gasteiger partial charge in [0, 0.05) is 42.7 Å². The molecule has 2 aromatic heterocycles. The average molecular weight is 398 g/mol. The molecule has 150 valence electrons. The van der Waals surface area contributed by atoms with Crippen molar-refractivity contribution >= 4 is 5.91 Å². The quantitative estimate of drug-likeness (QED) is 0.517. The fourth-order valence-electron chi connectivity index (χ4n) is 4.19. The Morgan fingerprint density at radius 2 is 1.63 bits per heavy atom. The summed E-state index contributed by atoms with van der Waals surface area (Å²) < 4.78 is 7.51. The first-order chi connectivity index (χ1) is 14.7. The third kappa shape index (κ3) is 3.41. The van der Waals surface area contributed by atoms with Crippen LogP contribution in [0, 0.1) is 6.92 Å². The van der Waals surface area contributed by atoms with Crippen LogP contribution in [0.5, 0.6) is 0 Å². The fourth-order valence-corrected chi connectivity index (χ4v) is 4.19. The molecule has 4 aromatic rings. The lowest BCUT2D eigenvalue weighted by Crippen LogP contribution is -2.28. The standard InChI is InChI=1S/C24H22N4O2/c1-17-25-23(30-26-17)22-16-28(15-21(22)18-7-3-2-4-8-18)24(29)19-9-11-20(12-10-19)27-13-5-6-14-27/h2-14,21-22H,15-16H2,1H3/t21-,22-/m0/s1. The number of carbonyl (C=O) groups is 1. The number of aromatic nitrogens is 3. The van der Waals surface area contributed by atoms with Crippen LogP contribution in [0.4, 0.5) is 0 Å². The van der Waals surface area contributed by atoms with Gasteiger partial charge in [0.1, 0.15) is 0 Å². The number of nitrogens with zero attached hydrogens (tertiary/aromatic N) is 4. The van der Waals surface area contributed by atoms with Crippen molar-refractivity contribution in [1.82, 2.24) is 19.6 Å². The Hall–Kier alpha value is -3.67. The van der Waals surface area contributed by atoms with E-state index >= 15 is 0 Å². The number of hydrogen-bond acceptors (Lipinski definition) is 4. The molecule has 0 unspecified atom stereocenters. The largest absolute Gasteiger partial charge is 0.339 e. The van der Waals surface area contributed by atoms with Gasteiger partial charge in [-0.1, -0.05) is 35.5 Å². The monoisotopic (exact) mass is 398 g/mol. The van der Waals surface area contributed by atoms with Gasteiger partial charge in [-0.25, -0.2) is 0 Å². The molecule has 6 heteroatoms. The van der Waals surface area contributed by atoms with Crippen molar-refractivity contribution < 1.29 is 9.32 Å². The SMILES string of the molecule is Cc1noc([C@H]2CN(C(=O)c3ccc(-n4cccc4)cc3)C[C@H]2c2ccccc2)n1. The van der Waals surface area contributed by atoms with E-state index in [1.54, 1.807) is 0 Å². The van der Waals surface area contributed by atoms with Crippen LogP contribution in [0.2, 0.25) is 0 Å². The smallest absolute Gasteiger partial charge is 0.253 e. The highest BCUT2D eigenvalue weighted by atomic mass is 16.5. The lowest BCUT2D eigenvalue weighted by atomic mass is 9.89. The minimum absolute atomic E-state index is 0.0169. The molecule has 0 radical (unpaired) electrons. The van der Waals surface area contributed by atoms with Crippen molar-refractivity contribution in [3.8, 4) is 5.69 Å². The van der Waals surface area contributed by atoms with Crippen LogP contribution in [0.25, 0.3) is 5.69 Å². The molecule has 3 heterocycles. The molecule has 0 spiro atoms. The second-order valence-corrected chi connectivity index (χ2v) is 7.65. The molecular formula is C24H22N4O2. The molecule has 5 rings (SSSR count). The van der Waals surface area contributed by atoms with Crippen LogP contribution in [-0.4, -0.2) is 38.6 Å². The van der Waals surface area contributed by atoms with E-state index in [0.29, 0.717) is 30.4 Å². The van der Waals surface area contributed by atoms with Crippen LogP contribution >= 0.6 is 0 Å². The van der Waals surface area contributed by atoms with E-state index in [4.69, 9.17) is 4.52 Å². The van der Waals surface area contributed by atoms with Crippen molar-refractivity contribution in [3.05, 3.63) is 102 Å². The predicted octanol–water partition coefficient (Wildman–Crippen LogP) is 4.19. The summed E-state index contributed by atoms with van der Waals surface area (Å²) in [5.41, 5.74) is 2.89. The highest BCUT2D eigenvalue weighted by molar-refractivity contribution is 5.94. The summed E-state index contributed by atoms with van der Waals surface area (Å²) in [6, 6.07) is 21.9. The molecule has 0 aliphatic carbocycles. The zero-order chi connectivity index (χ0) is 20.5. The number of aryl methyl sites for hydroxylation is 1. The van der Waals surface area contributed by atoms with Gasteiger partial charge in [0.2, 0.25) is 5.89 Å². The van der Waals surface area contributed by atoms with E-state index in [0.717, 1.165) is 5.69 Å². The Bertz CT molecular complexity index is 1130. The van der Waals surface area contributed by atoms with Gasteiger partial charge >= 0.3 is 0 Å². The average Bonchev–Trinajstić information content (AvgIpc) is 3.54. The molecule has 0 saturated carbocycles. The molecule has 0 N–H and O–H groups in total. The number of benzene rings is 2. The van der Waals surface area contributed by atoms with Crippen molar-refractivity contribution in [2.24, 2.45) is 0 Å². The summed E-state index contributed by atoms with van der Waals surface area (Å²) in [6.07, 6.45) is 3.97. The van der Waals surface area contributed by atoms with Gasteiger partial charge in [0.05, 0.1) is 5.92 Å². The van der Waals surface area contributed by atoms with E-state index in [2.05, 4.69) is 22.3 Å². The Morgan fingerprint density at radius 1 is 0.933 bits per heavy atom. The lowest BCUT2D eigenvalue weighted by molar-refractivity contribution is 0.0788. The minimum atomic E-state index is -0.0169. The Kier molecular flexibility index (Phi) is 4.67. The Balaban J connectivity index is 1.41. The maximum atomic E-state index is 13.3. The number of likely N-dealkylation sites (tertiary alicyclic amines) is 1. The zero-order valence-corrected chi connectivity index (χ0v) is 16.7. The van der Waals surface area contributed by atoms with E-state index < -0.39 is 0 Å². The molecule has 2 aromatic carbocycles. The lowest BCUT2D eigenvalue weighted by Gasteiger charge is -2.17. The van der Waals surface area contributed by atoms with Gasteiger partial charge in [-0.3, -0.25) is 4.79 Å². The number of rotatable bonds is 4. The van der Waals surface area contributed by atoms with Gasteiger partial charge in [0.25, 0.3) is 5.91 Å². The molecule has 1 fully saturated rings. The van der Waals surface area contributed by atoms with Gasteiger partial charge in [-0.05, 0) is 48.9 Å². The molecular weight excluding hydrogens is 376 g/mol. The summed E-state index contributed by atoms with van der Waals surface area (Å²) >= 11 is 0. The molecule has 1 amide bonds. The molecule has 1 aliphatic heterocycles. The Morgan fingerprint density at radius 3 is 2.30 bits per heavy atom. The molecule has 0 bridgehead atoms. The fraction of sp³-hybridized carbons (Fsp3) is 0.208. The second-order valence-electron chi connectivity index (χ2n) is 7.65. The summed E-state index contributed by atoms with van der Waals surface area (Å²) in [4.78, 5) is 19.6. The van der Waals surface area contributed by atoms with E-state index in [1.165, 1.54) is 5.56 Å². The van der Waals surface area contributed by atoms with E-state index in [9.17, 15) is 4.79 Å². The second kappa shape index (κ2) is 7.63. The first-order valence-electron chi connectivity index (χ1n) is 10.1. The number of hydrogen-bond donors (Lipinski definition) is 0. The van der Waals surface area contributed by atoms with Gasteiger partial charge in [-0.2, -0.15) is 4.98 Å². The molecule has 30 heavy (non-hydrogen) atoms. The zero-order valence-electron chi connectivity index (χ0n) is 16.7. The van der Waals surface area contributed by atoms with Crippen LogP contribution < -0.4 is 0 Å². The van der Waals surface area contributed by atoms with Crippen LogP contribution in [-0.2, 0) is 0 Å². The third-order valence-corrected chi connectivity index (χ3v) is 5.71. The molecule has 2 atom stereocenters. The molecule has 6 nitrogen and oxygen atoms in total. The topological polar surface area (TPSA) is 64.2 Å². The predicted molar refractivity (Wildman–Crippen MR) is 113 cm³/mol. The number of carbonyl (C=O) groups excluding carboxylic acids is 1. The third-order valence-electron chi connectivity index (χ3n) is 5.71. The van der Waals surface area contributed by atoms with Crippen LogP contribution in [0.3, 0.4) is 0 Å². The maximum Gasteiger partial charge on any atom is 0.253 e. The van der Waals surface area contributed by atoms with Gasteiger partial charge < -0.3 is 14.0 Å². The van der Waals surface area contributed by atoms with Crippen LogP contribution in [0.15, 0.2) is 83.6 Å². The van der Waals surface area contributed by atoms with Crippen molar-refractivity contribution in [2.75, 3.05) is 13.1 Å². The van der Waals surface area contributed by atoms with Crippen molar-refractivity contribution in [1.29, 1.82) is 0 Å². The first kappa shape index (κ1) is 18.4. The van der Waals surface area contributed by atoms with Gasteiger partial charge in [0.15, 0.2) is 5.82 Å². The maximum absolute atomic E-state index is 13.3. The summed E-state index contributed by atoms with van der Waals surface area (Å²) in [6.45, 7) is 2.99. The van der Waals surface area contributed by atoms with Crippen LogP contribution in [0.1, 0.15) is 39.5 Å². The van der Waals surface area contributed by atoms with E-state index in [1.807, 2.05) is 83.4 Å². The van der Waals surface area contributed by atoms with Crippen molar-refractivity contribution in [2.45, 2.75) is 18.8 Å². The summed E-state index contributed by atoms with van der Waals surface area (Å²) in [5, 5.41) is 3.96. The highest BCUT2D eigenvalue weighted by Gasteiger charge is 2.40. The van der Waals surface area contributed by atoms with E-state index in [-0.39, 0.29) is 17.7 Å². The first-order valence-corrected chi connectivity index (χ1v) is 10.1. The normalized spacial score (nSPS) is 18.6. The molecule has 1 saturated heterocycles. The minimum Gasteiger partial charge on any atom is -0.339 e. The highest BCUT2D eigenvalue weighted by Crippen LogP contribution is 2.39. The Labute approximate surface area is 174 Å². The number of amides is 1. The molecule has 1 aliphatic rings.